The van der Waals surface area contributed by atoms with Crippen LogP contribution in [0.4, 0.5) is 14.6 Å². The smallest absolute Gasteiger partial charge is 0.254 e. The van der Waals surface area contributed by atoms with E-state index in [0.717, 1.165) is 0 Å². The van der Waals surface area contributed by atoms with Crippen LogP contribution in [0.2, 0.25) is 0 Å². The van der Waals surface area contributed by atoms with Gasteiger partial charge in [0.05, 0.1) is 12.7 Å². The second kappa shape index (κ2) is 3.75. The molecule has 1 aromatic rings. The van der Waals surface area contributed by atoms with Crippen molar-refractivity contribution in [1.82, 2.24) is 15.0 Å². The number of anilines is 1. The lowest BCUT2D eigenvalue weighted by Gasteiger charge is -2.32. The van der Waals surface area contributed by atoms with Crippen molar-refractivity contribution in [1.29, 1.82) is 0 Å². The molecule has 0 fully saturated rings. The number of nitrogen functional groups attached to an aromatic ring is 1. The Kier molecular flexibility index (Phi) is 2.97. The molecule has 0 spiro atoms. The van der Waals surface area contributed by atoms with Gasteiger partial charge in [0.15, 0.2) is 5.82 Å². The number of nitrogens with two attached hydrogens (primary N) is 1. The molecular formula is C9H16F2N4. The van der Waals surface area contributed by atoms with E-state index in [0.29, 0.717) is 0 Å². The molecule has 0 radical (unpaired) electrons. The summed E-state index contributed by atoms with van der Waals surface area (Å²) < 4.78 is 28.4. The summed E-state index contributed by atoms with van der Waals surface area (Å²) in [6.45, 7) is 4.58. The van der Waals surface area contributed by atoms with Crippen molar-refractivity contribution in [2.24, 2.45) is 5.41 Å². The minimum atomic E-state index is -2.73. The zero-order valence-electron chi connectivity index (χ0n) is 9.17. The molecule has 2 N–H and O–H groups in total. The Morgan fingerprint density at radius 3 is 2.47 bits per heavy atom. The number of aromatic nitrogens is 3. The maximum Gasteiger partial charge on any atom is 0.254 e. The third kappa shape index (κ3) is 2.43. The van der Waals surface area contributed by atoms with Gasteiger partial charge in [-0.2, -0.15) is 0 Å². The molecule has 0 aliphatic heterocycles. The summed E-state index contributed by atoms with van der Waals surface area (Å²) in [6, 6.07) is 0. The van der Waals surface area contributed by atoms with E-state index < -0.39 is 11.3 Å². The van der Waals surface area contributed by atoms with Crippen LogP contribution in [-0.2, 0) is 6.54 Å². The van der Waals surface area contributed by atoms with Crippen LogP contribution < -0.4 is 5.73 Å². The maximum atomic E-state index is 13.5. The van der Waals surface area contributed by atoms with Crippen molar-refractivity contribution >= 4 is 5.82 Å². The van der Waals surface area contributed by atoms with Crippen molar-refractivity contribution in [2.75, 3.05) is 5.73 Å². The minimum Gasteiger partial charge on any atom is -0.381 e. The van der Waals surface area contributed by atoms with Crippen molar-refractivity contribution in [2.45, 2.75) is 39.7 Å². The fourth-order valence-electron chi connectivity index (χ4n) is 1.39. The molecule has 0 aliphatic rings. The average Bonchev–Trinajstić information content (AvgIpc) is 2.50. The van der Waals surface area contributed by atoms with Crippen LogP contribution in [0.25, 0.3) is 0 Å². The summed E-state index contributed by atoms with van der Waals surface area (Å²) in [5.41, 5.74) is 4.19. The Morgan fingerprint density at radius 1 is 1.47 bits per heavy atom. The quantitative estimate of drug-likeness (QED) is 0.840. The highest BCUT2D eigenvalue weighted by molar-refractivity contribution is 5.19. The number of nitrogens with zero attached hydrogens (tertiary/aromatic N) is 3. The first kappa shape index (κ1) is 11.9. The molecule has 0 saturated carbocycles. The van der Waals surface area contributed by atoms with Crippen molar-refractivity contribution in [3.8, 4) is 0 Å². The third-order valence-corrected chi connectivity index (χ3v) is 2.55. The largest absolute Gasteiger partial charge is 0.381 e. The number of alkyl halides is 2. The molecule has 4 nitrogen and oxygen atoms in total. The molecule has 0 saturated heterocycles. The summed E-state index contributed by atoms with van der Waals surface area (Å²) in [4.78, 5) is 0. The third-order valence-electron chi connectivity index (χ3n) is 2.55. The van der Waals surface area contributed by atoms with Crippen LogP contribution in [0.3, 0.4) is 0 Å². The van der Waals surface area contributed by atoms with Gasteiger partial charge in [0, 0.05) is 11.8 Å². The second-order valence-corrected chi connectivity index (χ2v) is 4.28. The number of hydrogen-bond donors (Lipinski definition) is 1. The van der Waals surface area contributed by atoms with E-state index in [-0.39, 0.29) is 18.8 Å². The Balaban J connectivity index is 2.80. The number of halogens is 2. The molecule has 0 unspecified atom stereocenters. The van der Waals surface area contributed by atoms with Crippen LogP contribution in [0.1, 0.15) is 27.2 Å². The molecule has 0 aromatic carbocycles. The van der Waals surface area contributed by atoms with Gasteiger partial charge in [-0.3, -0.25) is 0 Å². The fraction of sp³-hybridized carbons (Fsp3) is 0.778. The number of rotatable bonds is 4. The first-order valence-corrected chi connectivity index (χ1v) is 4.82. The molecule has 0 aliphatic carbocycles. The van der Waals surface area contributed by atoms with Crippen molar-refractivity contribution in [3.63, 3.8) is 0 Å². The van der Waals surface area contributed by atoms with Crippen molar-refractivity contribution < 1.29 is 8.78 Å². The molecule has 15 heavy (non-hydrogen) atoms. The van der Waals surface area contributed by atoms with E-state index >= 15 is 0 Å². The van der Waals surface area contributed by atoms with Crippen molar-refractivity contribution in [3.05, 3.63) is 6.20 Å². The average molecular weight is 218 g/mol. The predicted octanol–water partition coefficient (Wildman–Crippen LogP) is 1.93. The summed E-state index contributed by atoms with van der Waals surface area (Å²) >= 11 is 0. The van der Waals surface area contributed by atoms with Gasteiger partial charge in [0.1, 0.15) is 0 Å². The maximum absolute atomic E-state index is 13.5. The molecular weight excluding hydrogens is 202 g/mol. The zero-order valence-corrected chi connectivity index (χ0v) is 9.17. The molecule has 0 atom stereocenters. The molecule has 1 aromatic heterocycles. The summed E-state index contributed by atoms with van der Waals surface area (Å²) in [7, 11) is 0. The monoisotopic (exact) mass is 218 g/mol. The minimum absolute atomic E-state index is 0.0953. The van der Waals surface area contributed by atoms with Gasteiger partial charge in [0.2, 0.25) is 0 Å². The Labute approximate surface area is 87.5 Å². The molecule has 1 heterocycles. The summed E-state index contributed by atoms with van der Waals surface area (Å²) in [5.74, 6) is -2.49. The van der Waals surface area contributed by atoms with E-state index in [1.165, 1.54) is 31.6 Å². The zero-order chi connectivity index (χ0) is 11.7. The lowest BCUT2D eigenvalue weighted by Crippen LogP contribution is -2.39. The molecule has 0 bridgehead atoms. The van der Waals surface area contributed by atoms with E-state index in [9.17, 15) is 8.78 Å². The van der Waals surface area contributed by atoms with Crippen LogP contribution in [0.15, 0.2) is 6.20 Å². The molecule has 1 rings (SSSR count). The van der Waals surface area contributed by atoms with E-state index in [1.54, 1.807) is 0 Å². The Bertz CT molecular complexity index is 333. The topological polar surface area (TPSA) is 56.7 Å². The van der Waals surface area contributed by atoms with E-state index in [2.05, 4.69) is 10.3 Å². The van der Waals surface area contributed by atoms with Gasteiger partial charge in [0.25, 0.3) is 5.92 Å². The highest BCUT2D eigenvalue weighted by Gasteiger charge is 2.45. The Morgan fingerprint density at radius 2 is 2.07 bits per heavy atom. The van der Waals surface area contributed by atoms with Crippen LogP contribution in [0, 0.1) is 5.41 Å². The van der Waals surface area contributed by atoms with E-state index in [1.807, 2.05) is 0 Å². The highest BCUT2D eigenvalue weighted by atomic mass is 19.3. The second-order valence-electron chi connectivity index (χ2n) is 4.28. The predicted molar refractivity (Wildman–Crippen MR) is 53.5 cm³/mol. The van der Waals surface area contributed by atoms with E-state index in [4.69, 9.17) is 5.73 Å². The highest BCUT2D eigenvalue weighted by Crippen LogP contribution is 2.39. The first-order valence-electron chi connectivity index (χ1n) is 4.82. The van der Waals surface area contributed by atoms with Gasteiger partial charge in [-0.15, -0.1) is 5.10 Å². The SMILES string of the molecule is CCC(F)(F)C(C)(C)Cn1cc(N)nn1. The normalized spacial score (nSPS) is 13.1. The first-order chi connectivity index (χ1) is 6.78. The molecule has 0 amide bonds. The summed E-state index contributed by atoms with van der Waals surface area (Å²) in [5, 5.41) is 7.21. The lowest BCUT2D eigenvalue weighted by atomic mass is 9.84. The standard InChI is InChI=1S/C9H16F2N4/c1-4-9(10,11)8(2,3)6-15-5-7(12)13-14-15/h5H,4,6,12H2,1-3H3. The molecule has 86 valence electrons. The van der Waals surface area contributed by atoms with Crippen LogP contribution >= 0.6 is 0 Å². The number of hydrogen-bond acceptors (Lipinski definition) is 3. The van der Waals surface area contributed by atoms with Gasteiger partial charge in [-0.25, -0.2) is 13.5 Å². The van der Waals surface area contributed by atoms with Gasteiger partial charge >= 0.3 is 0 Å². The molecule has 6 heteroatoms. The lowest BCUT2D eigenvalue weighted by molar-refractivity contribution is -0.116. The van der Waals surface area contributed by atoms with Crippen LogP contribution in [0.5, 0.6) is 0 Å². The fourth-order valence-corrected chi connectivity index (χ4v) is 1.39. The summed E-state index contributed by atoms with van der Waals surface area (Å²) in [6.07, 6.45) is 1.26. The Hall–Kier alpha value is -1.20. The van der Waals surface area contributed by atoms with Gasteiger partial charge in [-0.1, -0.05) is 26.0 Å². The van der Waals surface area contributed by atoms with Gasteiger partial charge in [-0.05, 0) is 0 Å². The van der Waals surface area contributed by atoms with Gasteiger partial charge < -0.3 is 5.73 Å². The van der Waals surface area contributed by atoms with Crippen LogP contribution in [-0.4, -0.2) is 20.9 Å².